The van der Waals surface area contributed by atoms with E-state index in [-0.39, 0.29) is 23.8 Å². The second-order valence-electron chi connectivity index (χ2n) is 6.28. The second kappa shape index (κ2) is 9.82. The van der Waals surface area contributed by atoms with Gasteiger partial charge in [0.15, 0.2) is 0 Å². The van der Waals surface area contributed by atoms with Crippen molar-refractivity contribution >= 4 is 11.8 Å². The van der Waals surface area contributed by atoms with Crippen molar-refractivity contribution in [3.63, 3.8) is 0 Å². The first kappa shape index (κ1) is 18.9. The summed E-state index contributed by atoms with van der Waals surface area (Å²) in [4.78, 5) is 28.7. The largest absolute Gasteiger partial charge is 0.383 e. The maximum Gasteiger partial charge on any atom is 0.227 e. The van der Waals surface area contributed by atoms with E-state index < -0.39 is 0 Å². The van der Waals surface area contributed by atoms with Gasteiger partial charge in [0.1, 0.15) is 0 Å². The molecule has 0 unspecified atom stereocenters. The highest BCUT2D eigenvalue weighted by atomic mass is 16.5. The van der Waals surface area contributed by atoms with Crippen molar-refractivity contribution in [1.82, 2.24) is 9.80 Å². The molecule has 0 radical (unpaired) electrons. The van der Waals surface area contributed by atoms with Crippen LogP contribution in [-0.2, 0) is 14.3 Å². The van der Waals surface area contributed by atoms with E-state index in [1.165, 1.54) is 0 Å². The van der Waals surface area contributed by atoms with Crippen LogP contribution < -0.4 is 0 Å². The number of carbonyl (C=O) groups excluding carboxylic acids is 2. The Morgan fingerprint density at radius 2 is 1.91 bits per heavy atom. The Morgan fingerprint density at radius 1 is 1.32 bits per heavy atom. The minimum atomic E-state index is -0.180. The van der Waals surface area contributed by atoms with Gasteiger partial charge >= 0.3 is 0 Å². The zero-order valence-electron chi connectivity index (χ0n) is 14.6. The van der Waals surface area contributed by atoms with E-state index in [9.17, 15) is 9.59 Å². The van der Waals surface area contributed by atoms with Crippen LogP contribution in [0.15, 0.2) is 0 Å². The molecule has 1 saturated heterocycles. The average Bonchev–Trinajstić information content (AvgIpc) is 2.89. The van der Waals surface area contributed by atoms with Gasteiger partial charge in [-0.1, -0.05) is 26.7 Å². The summed E-state index contributed by atoms with van der Waals surface area (Å²) in [6, 6.07) is 0.0371. The lowest BCUT2D eigenvalue weighted by molar-refractivity contribution is -0.136. The van der Waals surface area contributed by atoms with Gasteiger partial charge in [0.25, 0.3) is 0 Å². The lowest BCUT2D eigenvalue weighted by Gasteiger charge is -2.27. The van der Waals surface area contributed by atoms with Crippen LogP contribution in [0.3, 0.4) is 0 Å². The first-order valence-corrected chi connectivity index (χ1v) is 8.62. The van der Waals surface area contributed by atoms with Crippen molar-refractivity contribution in [3.05, 3.63) is 0 Å². The first-order valence-electron chi connectivity index (χ1n) is 8.62. The molecule has 22 heavy (non-hydrogen) atoms. The summed E-state index contributed by atoms with van der Waals surface area (Å²) in [5.74, 6) is 0.0525. The normalized spacial score (nSPS) is 19.5. The third kappa shape index (κ3) is 5.27. The van der Waals surface area contributed by atoms with Crippen molar-refractivity contribution in [3.8, 4) is 0 Å². The van der Waals surface area contributed by atoms with E-state index >= 15 is 0 Å². The zero-order valence-corrected chi connectivity index (χ0v) is 14.6. The van der Waals surface area contributed by atoms with Crippen LogP contribution in [0.1, 0.15) is 52.9 Å². The molecule has 0 saturated carbocycles. The standard InChI is InChI=1S/C17H32N2O3/c1-5-7-9-18(10-8-6-2)17(21)15-11-16(20)19(12-15)14(3)13-22-4/h14-15H,5-13H2,1-4H3/t14-,15-/m1/s1. The van der Waals surface area contributed by atoms with Gasteiger partial charge in [0.2, 0.25) is 11.8 Å². The molecule has 0 N–H and O–H groups in total. The van der Waals surface area contributed by atoms with Crippen LogP contribution in [0, 0.1) is 5.92 Å². The number of nitrogens with zero attached hydrogens (tertiary/aromatic N) is 2. The molecule has 0 aliphatic carbocycles. The molecule has 0 aromatic rings. The van der Waals surface area contributed by atoms with E-state index in [1.54, 1.807) is 12.0 Å². The van der Waals surface area contributed by atoms with Crippen molar-refractivity contribution in [1.29, 1.82) is 0 Å². The van der Waals surface area contributed by atoms with Gasteiger partial charge in [0, 0.05) is 33.2 Å². The quantitative estimate of drug-likeness (QED) is 0.622. The van der Waals surface area contributed by atoms with E-state index in [0.29, 0.717) is 19.6 Å². The number of likely N-dealkylation sites (tertiary alicyclic amines) is 1. The van der Waals surface area contributed by atoms with Crippen LogP contribution in [0.2, 0.25) is 0 Å². The minimum absolute atomic E-state index is 0.0371. The fraction of sp³-hybridized carbons (Fsp3) is 0.882. The molecule has 0 aromatic heterocycles. The number of hydrogen-bond donors (Lipinski definition) is 0. The topological polar surface area (TPSA) is 49.9 Å². The Balaban J connectivity index is 2.64. The van der Waals surface area contributed by atoms with Gasteiger partial charge in [0.05, 0.1) is 18.6 Å². The number of ether oxygens (including phenoxy) is 1. The van der Waals surface area contributed by atoms with Crippen LogP contribution in [-0.4, -0.2) is 61.0 Å². The van der Waals surface area contributed by atoms with E-state index in [0.717, 1.165) is 38.8 Å². The molecule has 2 atom stereocenters. The van der Waals surface area contributed by atoms with Gasteiger partial charge in [-0.2, -0.15) is 0 Å². The SMILES string of the molecule is CCCCN(CCCC)C(=O)[C@@H]1CC(=O)N([C@H](C)COC)C1. The number of unbranched alkanes of at least 4 members (excludes halogenated alkanes) is 2. The first-order chi connectivity index (χ1) is 10.5. The highest BCUT2D eigenvalue weighted by molar-refractivity contribution is 5.89. The number of rotatable bonds is 10. The zero-order chi connectivity index (χ0) is 16.5. The highest BCUT2D eigenvalue weighted by Crippen LogP contribution is 2.23. The Kier molecular flexibility index (Phi) is 8.46. The van der Waals surface area contributed by atoms with Crippen LogP contribution >= 0.6 is 0 Å². The molecule has 5 nitrogen and oxygen atoms in total. The number of hydrogen-bond acceptors (Lipinski definition) is 3. The lowest BCUT2D eigenvalue weighted by atomic mass is 10.1. The summed E-state index contributed by atoms with van der Waals surface area (Å²) in [5, 5.41) is 0. The van der Waals surface area contributed by atoms with E-state index in [2.05, 4.69) is 13.8 Å². The fourth-order valence-electron chi connectivity index (χ4n) is 2.94. The monoisotopic (exact) mass is 312 g/mol. The fourth-order valence-corrected chi connectivity index (χ4v) is 2.94. The maximum atomic E-state index is 12.7. The van der Waals surface area contributed by atoms with Gasteiger partial charge in [-0.3, -0.25) is 9.59 Å². The maximum absolute atomic E-state index is 12.7. The summed E-state index contributed by atoms with van der Waals surface area (Å²) in [7, 11) is 1.64. The molecule has 1 heterocycles. The molecule has 1 rings (SSSR count). The minimum Gasteiger partial charge on any atom is -0.383 e. The number of methoxy groups -OCH3 is 1. The Hall–Kier alpha value is -1.10. The number of amides is 2. The summed E-state index contributed by atoms with van der Waals surface area (Å²) < 4.78 is 5.12. The lowest BCUT2D eigenvalue weighted by Crippen LogP contribution is -2.41. The van der Waals surface area contributed by atoms with Crippen LogP contribution in [0.4, 0.5) is 0 Å². The van der Waals surface area contributed by atoms with Crippen molar-refractivity contribution in [2.24, 2.45) is 5.92 Å². The molecule has 1 fully saturated rings. The second-order valence-corrected chi connectivity index (χ2v) is 6.28. The third-order valence-corrected chi connectivity index (χ3v) is 4.32. The molecular formula is C17H32N2O3. The Bertz CT molecular complexity index is 352. The highest BCUT2D eigenvalue weighted by Gasteiger charge is 2.38. The third-order valence-electron chi connectivity index (χ3n) is 4.32. The van der Waals surface area contributed by atoms with Crippen LogP contribution in [0.25, 0.3) is 0 Å². The number of carbonyl (C=O) groups is 2. The smallest absolute Gasteiger partial charge is 0.227 e. The molecule has 1 aliphatic heterocycles. The summed E-state index contributed by atoms with van der Waals surface area (Å²) in [6.45, 7) is 8.92. The summed E-state index contributed by atoms with van der Waals surface area (Å²) in [5.41, 5.74) is 0. The predicted octanol–water partition coefficient (Wildman–Crippen LogP) is 2.30. The van der Waals surface area contributed by atoms with Gasteiger partial charge < -0.3 is 14.5 Å². The van der Waals surface area contributed by atoms with E-state index in [4.69, 9.17) is 4.74 Å². The Morgan fingerprint density at radius 3 is 2.41 bits per heavy atom. The van der Waals surface area contributed by atoms with Crippen molar-refractivity contribution < 1.29 is 14.3 Å². The predicted molar refractivity (Wildman–Crippen MR) is 87.6 cm³/mol. The summed E-state index contributed by atoms with van der Waals surface area (Å²) >= 11 is 0. The van der Waals surface area contributed by atoms with Gasteiger partial charge in [-0.05, 0) is 19.8 Å². The average molecular weight is 312 g/mol. The molecular weight excluding hydrogens is 280 g/mol. The molecule has 0 aromatic carbocycles. The molecule has 5 heteroatoms. The Labute approximate surface area is 135 Å². The summed E-state index contributed by atoms with van der Waals surface area (Å²) in [6.07, 6.45) is 4.56. The van der Waals surface area contributed by atoms with Crippen molar-refractivity contribution in [2.75, 3.05) is 33.4 Å². The van der Waals surface area contributed by atoms with Crippen molar-refractivity contribution in [2.45, 2.75) is 58.9 Å². The molecule has 1 aliphatic rings. The van der Waals surface area contributed by atoms with E-state index in [1.807, 2.05) is 11.8 Å². The van der Waals surface area contributed by atoms with Crippen LogP contribution in [0.5, 0.6) is 0 Å². The molecule has 128 valence electrons. The molecule has 0 bridgehead atoms. The molecule has 2 amide bonds. The van der Waals surface area contributed by atoms with Gasteiger partial charge in [-0.15, -0.1) is 0 Å². The molecule has 0 spiro atoms. The van der Waals surface area contributed by atoms with Gasteiger partial charge in [-0.25, -0.2) is 0 Å².